The molecule has 278 valence electrons. The molecule has 0 spiro atoms. The van der Waals surface area contributed by atoms with Crippen molar-refractivity contribution < 1.29 is 38.2 Å². The van der Waals surface area contributed by atoms with Gasteiger partial charge < -0.3 is 15.2 Å². The predicted molar refractivity (Wildman–Crippen MR) is 207 cm³/mol. The van der Waals surface area contributed by atoms with Gasteiger partial charge in [0.05, 0.1) is 14.2 Å². The molecule has 0 aromatic heterocycles. The third kappa shape index (κ3) is 9.46. The van der Waals surface area contributed by atoms with Gasteiger partial charge in [-0.3, -0.25) is 9.59 Å². The van der Waals surface area contributed by atoms with Gasteiger partial charge in [0.25, 0.3) is 0 Å². The normalized spacial score (nSPS) is 16.3. The molecule has 3 aromatic carbocycles. The zero-order chi connectivity index (χ0) is 37.8. The van der Waals surface area contributed by atoms with E-state index in [2.05, 4.69) is 72.0 Å². The maximum atomic E-state index is 13.7. The molecule has 4 N–H and O–H groups in total. The van der Waals surface area contributed by atoms with Crippen LogP contribution in [0.4, 0.5) is 0 Å². The monoisotopic (exact) mass is 814 g/mol. The topological polar surface area (TPSA) is 174 Å². The van der Waals surface area contributed by atoms with Crippen LogP contribution in [0.3, 0.4) is 0 Å². The van der Waals surface area contributed by atoms with E-state index >= 15 is 0 Å². The summed E-state index contributed by atoms with van der Waals surface area (Å²) in [5.41, 5.74) is 5.74. The van der Waals surface area contributed by atoms with Crippen LogP contribution >= 0.6 is 32.6 Å². The standard InChI is InChI=1S/C37H44BrN4O8PS/c1-49-34(45)24-40-35(46)30(41-32(43)20-19-29(39)37(48)50-2)25-52-31-23-33(44)42(36(31)47)21-12-22-51(38,26-13-6-3-7-14-26,27-15-8-4-9-16-27)28-17-10-5-11-18-28/h3-11,13-18,29-31H,12,19-25,39H2,1-2H3,(H,40,46)(H,41,43)/t29-,30-,31?/m0/s1. The minimum Gasteiger partial charge on any atom is -0.468 e. The van der Waals surface area contributed by atoms with Gasteiger partial charge in [0.1, 0.15) is 6.04 Å². The molecule has 12 nitrogen and oxygen atoms in total. The summed E-state index contributed by atoms with van der Waals surface area (Å²) in [4.78, 5) is 77.3. The number of nitrogens with zero attached hydrogens (tertiary/aromatic N) is 1. The molecule has 0 saturated carbocycles. The van der Waals surface area contributed by atoms with E-state index in [0.29, 0.717) is 12.6 Å². The van der Waals surface area contributed by atoms with Crippen LogP contribution in [-0.2, 0) is 38.2 Å². The SMILES string of the molecule is COC(=O)CNC(=O)[C@H](CSC1CC(=O)N(CCCP(Br)(c2ccccc2)(c2ccccc2)c2ccccc2)C1=O)NC(=O)CC[C@H](N)C(=O)OC. The third-order valence-corrected chi connectivity index (χ3v) is 20.3. The third-order valence-electron chi connectivity index (χ3n) is 8.98. The molecule has 4 rings (SSSR count). The molecular weight excluding hydrogens is 771 g/mol. The number of carbonyl (C=O) groups excluding carboxylic acids is 6. The first-order valence-corrected chi connectivity index (χ1v) is 22.2. The second kappa shape index (κ2) is 18.6. The van der Waals surface area contributed by atoms with Crippen molar-refractivity contribution in [3.63, 3.8) is 0 Å². The smallest absolute Gasteiger partial charge is 0.468 e. The van der Waals surface area contributed by atoms with Gasteiger partial charge in [-0.2, -0.15) is 0 Å². The number of hydrogen-bond donors (Lipinski definition) is 3. The van der Waals surface area contributed by atoms with Crippen molar-refractivity contribution in [1.29, 1.82) is 0 Å². The number of likely N-dealkylation sites (tertiary alicyclic amines) is 1. The predicted octanol–water partition coefficient (Wildman–Crippen LogP) is 2.13. The van der Waals surface area contributed by atoms with Crippen molar-refractivity contribution in [3.8, 4) is 0 Å². The van der Waals surface area contributed by atoms with Crippen molar-refractivity contribution in [2.24, 2.45) is 5.73 Å². The van der Waals surface area contributed by atoms with Crippen LogP contribution in [0.15, 0.2) is 91.0 Å². The Morgan fingerprint density at radius 1 is 0.904 bits per heavy atom. The Hall–Kier alpha value is -4.10. The fraction of sp³-hybridized carbons (Fsp3) is 0.351. The second-order valence-electron chi connectivity index (χ2n) is 12.3. The van der Waals surface area contributed by atoms with E-state index in [4.69, 9.17) is 5.73 Å². The van der Waals surface area contributed by atoms with Crippen molar-refractivity contribution >= 4 is 84.0 Å². The summed E-state index contributed by atoms with van der Waals surface area (Å²) in [6, 6.07) is 28.6. The van der Waals surface area contributed by atoms with E-state index < -0.39 is 52.9 Å². The Labute approximate surface area is 315 Å². The first-order valence-electron chi connectivity index (χ1n) is 16.8. The number of imide groups is 1. The van der Waals surface area contributed by atoms with Crippen LogP contribution in [0.5, 0.6) is 0 Å². The molecule has 1 heterocycles. The number of nitrogens with one attached hydrogen (secondary N) is 2. The van der Waals surface area contributed by atoms with Crippen molar-refractivity contribution in [2.75, 3.05) is 39.2 Å². The molecule has 52 heavy (non-hydrogen) atoms. The van der Waals surface area contributed by atoms with Crippen molar-refractivity contribution in [3.05, 3.63) is 91.0 Å². The van der Waals surface area contributed by atoms with Crippen LogP contribution in [-0.4, -0.2) is 97.0 Å². The number of methoxy groups -OCH3 is 2. The first-order chi connectivity index (χ1) is 24.9. The van der Waals surface area contributed by atoms with E-state index in [1.54, 1.807) is 0 Å². The van der Waals surface area contributed by atoms with Crippen LogP contribution in [0, 0.1) is 0 Å². The number of esters is 2. The minimum atomic E-state index is -3.27. The quantitative estimate of drug-likeness (QED) is 0.0982. The number of carbonyl (C=O) groups is 6. The van der Waals surface area contributed by atoms with E-state index in [9.17, 15) is 28.8 Å². The van der Waals surface area contributed by atoms with Gasteiger partial charge in [0.15, 0.2) is 0 Å². The van der Waals surface area contributed by atoms with Crippen molar-refractivity contribution in [1.82, 2.24) is 15.5 Å². The van der Waals surface area contributed by atoms with Gasteiger partial charge in [-0.05, 0) is 6.42 Å². The average Bonchev–Trinajstić information content (AvgIpc) is 3.45. The molecule has 1 aliphatic heterocycles. The number of rotatable bonds is 18. The zero-order valence-electron chi connectivity index (χ0n) is 29.1. The average molecular weight is 816 g/mol. The van der Waals surface area contributed by atoms with Crippen LogP contribution in [0.1, 0.15) is 25.7 Å². The van der Waals surface area contributed by atoms with Gasteiger partial charge in [0.2, 0.25) is 0 Å². The number of thioether (sulfide) groups is 1. The number of amides is 4. The van der Waals surface area contributed by atoms with Crippen molar-refractivity contribution in [2.45, 2.75) is 43.0 Å². The molecule has 1 fully saturated rings. The number of benzene rings is 3. The van der Waals surface area contributed by atoms with Gasteiger partial charge in [-0.25, -0.2) is 0 Å². The van der Waals surface area contributed by atoms with E-state index in [1.165, 1.54) is 19.1 Å². The molecule has 4 amide bonds. The van der Waals surface area contributed by atoms with Gasteiger partial charge in [-0.15, -0.1) is 0 Å². The van der Waals surface area contributed by atoms with Gasteiger partial charge in [0, 0.05) is 0 Å². The Bertz CT molecular complexity index is 1640. The maximum absolute atomic E-state index is 13.7. The molecule has 1 saturated heterocycles. The van der Waals surface area contributed by atoms with Gasteiger partial charge >= 0.3 is 265 Å². The fourth-order valence-electron chi connectivity index (χ4n) is 6.17. The summed E-state index contributed by atoms with van der Waals surface area (Å²) in [5.74, 6) is -3.36. The molecule has 0 aliphatic carbocycles. The fourth-order valence-corrected chi connectivity index (χ4v) is 15.0. The van der Waals surface area contributed by atoms with E-state index in [-0.39, 0.29) is 43.4 Å². The summed E-state index contributed by atoms with van der Waals surface area (Å²) in [7, 11) is 2.36. The van der Waals surface area contributed by atoms with E-state index in [1.807, 2.05) is 54.6 Å². The number of nitrogens with two attached hydrogens (primary N) is 1. The minimum absolute atomic E-state index is 0.0235. The van der Waals surface area contributed by atoms with Crippen LogP contribution in [0.2, 0.25) is 0 Å². The summed E-state index contributed by atoms with van der Waals surface area (Å²) in [5, 5.41) is 4.35. The number of hydrogen-bond acceptors (Lipinski definition) is 10. The molecule has 3 aromatic rings. The first kappa shape index (κ1) is 40.7. The molecule has 1 unspecified atom stereocenters. The molecule has 0 bridgehead atoms. The summed E-state index contributed by atoms with van der Waals surface area (Å²) in [6.45, 7) is -0.229. The van der Waals surface area contributed by atoms with Crippen LogP contribution in [0.25, 0.3) is 0 Å². The Morgan fingerprint density at radius 3 is 1.94 bits per heavy atom. The number of halogens is 1. The molecule has 15 heteroatoms. The Kier molecular flexibility index (Phi) is 14.5. The molecule has 1 aliphatic rings. The molecule has 0 radical (unpaired) electrons. The van der Waals surface area contributed by atoms with Crippen LogP contribution < -0.4 is 32.3 Å². The second-order valence-corrected chi connectivity index (χ2v) is 22.6. The number of ether oxygens (including phenoxy) is 2. The summed E-state index contributed by atoms with van der Waals surface area (Å²) in [6.07, 6.45) is 0.885. The Morgan fingerprint density at radius 2 is 1.44 bits per heavy atom. The summed E-state index contributed by atoms with van der Waals surface area (Å²) < 4.78 is 9.17. The van der Waals surface area contributed by atoms with E-state index in [0.717, 1.165) is 27.7 Å². The molecule has 3 atom stereocenters. The van der Waals surface area contributed by atoms with Gasteiger partial charge in [-0.1, -0.05) is 0 Å². The summed E-state index contributed by atoms with van der Waals surface area (Å²) >= 11 is 5.48. The molecular formula is C37H44BrN4O8PS. The zero-order valence-corrected chi connectivity index (χ0v) is 32.4. The Balaban J connectivity index is 1.48.